The maximum absolute atomic E-state index is 12.5. The number of nitrogens with zero attached hydrogens (tertiary/aromatic N) is 2. The number of hydrogen-bond donors (Lipinski definition) is 1. The lowest BCUT2D eigenvalue weighted by Gasteiger charge is -2.07. The first kappa shape index (κ1) is 12.5. The molecule has 0 bridgehead atoms. The van der Waals surface area contributed by atoms with Crippen LogP contribution in [0.15, 0.2) is 11.1 Å². The average molecular weight is 247 g/mol. The molecule has 0 saturated heterocycles. The van der Waals surface area contributed by atoms with E-state index in [0.29, 0.717) is 6.07 Å². The Morgan fingerprint density at radius 1 is 1.56 bits per heavy atom. The quantitative estimate of drug-likeness (QED) is 0.837. The maximum Gasteiger partial charge on any atom is 0.264 e. The second-order valence-electron chi connectivity index (χ2n) is 2.98. The van der Waals surface area contributed by atoms with E-state index in [1.807, 2.05) is 0 Å². The van der Waals surface area contributed by atoms with Crippen LogP contribution in [0.2, 0.25) is 0 Å². The molecule has 0 aliphatic heterocycles. The Morgan fingerprint density at radius 2 is 2.12 bits per heavy atom. The molecular formula is C8H7F2N3O2S. The fourth-order valence-corrected chi connectivity index (χ4v) is 1.60. The zero-order valence-electron chi connectivity index (χ0n) is 8.11. The van der Waals surface area contributed by atoms with E-state index >= 15 is 0 Å². The molecule has 16 heavy (non-hydrogen) atoms. The molecule has 8 heteroatoms. The summed E-state index contributed by atoms with van der Waals surface area (Å²) in [5.41, 5.74) is -0.984. The third kappa shape index (κ3) is 2.32. The Balaban J connectivity index is 3.61. The molecule has 1 aromatic heterocycles. The third-order valence-corrected chi connectivity index (χ3v) is 2.71. The first-order chi connectivity index (χ1) is 7.27. The molecule has 0 saturated carbocycles. The molecule has 0 aromatic carbocycles. The number of hydrogen-bond acceptors (Lipinski definition) is 4. The van der Waals surface area contributed by atoms with E-state index in [4.69, 9.17) is 10.4 Å². The van der Waals surface area contributed by atoms with Crippen molar-refractivity contribution < 1.29 is 17.2 Å². The molecule has 0 unspecified atom stereocenters. The zero-order valence-corrected chi connectivity index (χ0v) is 8.92. The summed E-state index contributed by atoms with van der Waals surface area (Å²) < 4.78 is 47.0. The van der Waals surface area contributed by atoms with Crippen molar-refractivity contribution in [2.24, 2.45) is 5.14 Å². The number of pyridine rings is 1. The summed E-state index contributed by atoms with van der Waals surface area (Å²) in [4.78, 5) is 3.40. The van der Waals surface area contributed by atoms with Gasteiger partial charge in [-0.05, 0) is 18.6 Å². The topological polar surface area (TPSA) is 96.8 Å². The molecule has 1 rings (SSSR count). The van der Waals surface area contributed by atoms with Crippen LogP contribution in [0.4, 0.5) is 8.78 Å². The number of alkyl halides is 2. The van der Waals surface area contributed by atoms with E-state index in [-0.39, 0.29) is 11.3 Å². The van der Waals surface area contributed by atoms with Gasteiger partial charge in [0.2, 0.25) is 0 Å². The number of nitrogens with two attached hydrogens (primary N) is 1. The van der Waals surface area contributed by atoms with E-state index in [0.717, 1.165) is 0 Å². The van der Waals surface area contributed by atoms with Crippen LogP contribution < -0.4 is 5.14 Å². The summed E-state index contributed by atoms with van der Waals surface area (Å²) in [7, 11) is -4.20. The lowest BCUT2D eigenvalue weighted by molar-refractivity contribution is 0.150. The molecule has 0 spiro atoms. The van der Waals surface area contributed by atoms with Gasteiger partial charge in [0.25, 0.3) is 16.4 Å². The molecule has 1 aromatic rings. The SMILES string of the molecule is Cc1c(C(F)F)cc(S(N)(=O)=O)nc1C#N. The monoisotopic (exact) mass is 247 g/mol. The van der Waals surface area contributed by atoms with E-state index < -0.39 is 27.0 Å². The number of sulfonamides is 1. The van der Waals surface area contributed by atoms with Gasteiger partial charge in [0.1, 0.15) is 11.8 Å². The van der Waals surface area contributed by atoms with Crippen LogP contribution in [-0.2, 0) is 10.0 Å². The predicted octanol–water partition coefficient (Wildman–Crippen LogP) is 0.847. The lowest BCUT2D eigenvalue weighted by atomic mass is 10.1. The van der Waals surface area contributed by atoms with Crippen molar-refractivity contribution in [2.75, 3.05) is 0 Å². The Kier molecular flexibility index (Phi) is 3.21. The van der Waals surface area contributed by atoms with Gasteiger partial charge in [-0.15, -0.1) is 0 Å². The highest BCUT2D eigenvalue weighted by atomic mass is 32.2. The summed E-state index contributed by atoms with van der Waals surface area (Å²) in [5, 5.41) is 12.6. The van der Waals surface area contributed by atoms with Crippen molar-refractivity contribution in [1.82, 2.24) is 4.98 Å². The number of halogens is 2. The number of primary sulfonamides is 1. The smallest absolute Gasteiger partial charge is 0.224 e. The van der Waals surface area contributed by atoms with Gasteiger partial charge >= 0.3 is 0 Å². The fraction of sp³-hybridized carbons (Fsp3) is 0.250. The van der Waals surface area contributed by atoms with Gasteiger partial charge in [0.05, 0.1) is 0 Å². The molecule has 86 valence electrons. The standard InChI is InChI=1S/C8H7F2N3O2S/c1-4-5(8(9)10)2-7(16(12,14)15)13-6(4)3-11/h2,8H,1H3,(H2,12,14,15). The second kappa shape index (κ2) is 4.11. The predicted molar refractivity (Wildman–Crippen MR) is 50.0 cm³/mol. The molecule has 0 radical (unpaired) electrons. The molecule has 5 nitrogen and oxygen atoms in total. The van der Waals surface area contributed by atoms with Gasteiger partial charge in [-0.2, -0.15) is 5.26 Å². The molecule has 0 amide bonds. The zero-order chi connectivity index (χ0) is 12.5. The molecule has 2 N–H and O–H groups in total. The van der Waals surface area contributed by atoms with Crippen LogP contribution in [0.3, 0.4) is 0 Å². The Morgan fingerprint density at radius 3 is 2.50 bits per heavy atom. The van der Waals surface area contributed by atoms with Gasteiger partial charge in [-0.1, -0.05) is 0 Å². The number of rotatable bonds is 2. The molecule has 0 fully saturated rings. The Hall–Kier alpha value is -1.59. The maximum atomic E-state index is 12.5. The highest BCUT2D eigenvalue weighted by Gasteiger charge is 2.20. The van der Waals surface area contributed by atoms with Gasteiger partial charge in [-0.3, -0.25) is 0 Å². The fourth-order valence-electron chi connectivity index (χ4n) is 1.09. The van der Waals surface area contributed by atoms with Gasteiger partial charge < -0.3 is 0 Å². The van der Waals surface area contributed by atoms with Gasteiger partial charge in [0.15, 0.2) is 5.03 Å². The Bertz CT molecular complexity index is 563. The average Bonchev–Trinajstić information content (AvgIpc) is 2.15. The van der Waals surface area contributed by atoms with Crippen molar-refractivity contribution in [3.05, 3.63) is 22.9 Å². The van der Waals surface area contributed by atoms with Gasteiger partial charge in [-0.25, -0.2) is 27.3 Å². The van der Waals surface area contributed by atoms with Crippen molar-refractivity contribution in [2.45, 2.75) is 18.4 Å². The first-order valence-electron chi connectivity index (χ1n) is 4.00. The van der Waals surface area contributed by atoms with Crippen molar-refractivity contribution in [3.8, 4) is 6.07 Å². The molecule has 0 aliphatic carbocycles. The van der Waals surface area contributed by atoms with E-state index in [1.165, 1.54) is 13.0 Å². The van der Waals surface area contributed by atoms with Crippen LogP contribution >= 0.6 is 0 Å². The second-order valence-corrected chi connectivity index (χ2v) is 4.49. The van der Waals surface area contributed by atoms with Crippen molar-refractivity contribution in [1.29, 1.82) is 5.26 Å². The highest BCUT2D eigenvalue weighted by molar-refractivity contribution is 7.89. The normalized spacial score (nSPS) is 11.5. The minimum Gasteiger partial charge on any atom is -0.224 e. The van der Waals surface area contributed by atoms with Crippen LogP contribution in [0.25, 0.3) is 0 Å². The summed E-state index contributed by atoms with van der Waals surface area (Å²) in [6, 6.07) is 2.22. The van der Waals surface area contributed by atoms with E-state index in [9.17, 15) is 17.2 Å². The summed E-state index contributed by atoms with van der Waals surface area (Å²) in [6.07, 6.45) is -2.89. The molecule has 0 aliphatic rings. The van der Waals surface area contributed by atoms with Gasteiger partial charge in [0, 0.05) is 5.56 Å². The summed E-state index contributed by atoms with van der Waals surface area (Å²) in [5.74, 6) is 0. The third-order valence-electron chi connectivity index (χ3n) is 1.92. The molecular weight excluding hydrogens is 240 g/mol. The van der Waals surface area contributed by atoms with Crippen molar-refractivity contribution in [3.63, 3.8) is 0 Å². The minimum atomic E-state index is -4.20. The highest BCUT2D eigenvalue weighted by Crippen LogP contribution is 2.25. The largest absolute Gasteiger partial charge is 0.264 e. The molecule has 1 heterocycles. The number of aromatic nitrogens is 1. The van der Waals surface area contributed by atoms with Crippen LogP contribution in [0.5, 0.6) is 0 Å². The van der Waals surface area contributed by atoms with E-state index in [1.54, 1.807) is 0 Å². The van der Waals surface area contributed by atoms with Crippen molar-refractivity contribution >= 4 is 10.0 Å². The number of nitriles is 1. The van der Waals surface area contributed by atoms with Crippen LogP contribution in [-0.4, -0.2) is 13.4 Å². The first-order valence-corrected chi connectivity index (χ1v) is 5.54. The van der Waals surface area contributed by atoms with E-state index in [2.05, 4.69) is 4.98 Å². The van der Waals surface area contributed by atoms with Crippen LogP contribution in [0.1, 0.15) is 23.2 Å². The Labute approximate surface area is 90.6 Å². The molecule has 0 atom stereocenters. The summed E-state index contributed by atoms with van der Waals surface area (Å²) >= 11 is 0. The van der Waals surface area contributed by atoms with Crippen LogP contribution in [0, 0.1) is 18.3 Å². The minimum absolute atomic E-state index is 0.0510. The summed E-state index contributed by atoms with van der Waals surface area (Å²) in [6.45, 7) is 1.26. The lowest BCUT2D eigenvalue weighted by Crippen LogP contribution is -2.16.